The summed E-state index contributed by atoms with van der Waals surface area (Å²) in [6.45, 7) is 0. The summed E-state index contributed by atoms with van der Waals surface area (Å²) in [7, 11) is 2.18. The van der Waals surface area contributed by atoms with Crippen LogP contribution in [0.1, 0.15) is 11.6 Å². The zero-order valence-corrected chi connectivity index (χ0v) is 20.7. The molecular formula is C24H19Cl2FN5O2P. The lowest BCUT2D eigenvalue weighted by atomic mass is 10.1. The first kappa shape index (κ1) is 24.8. The molecule has 0 saturated heterocycles. The van der Waals surface area contributed by atoms with E-state index in [0.29, 0.717) is 33.7 Å². The minimum absolute atomic E-state index is 0.0278. The number of anilines is 3. The number of carbonyl (C=O) groups excluding carboxylic acids is 2. The van der Waals surface area contributed by atoms with Gasteiger partial charge in [-0.2, -0.15) is 0 Å². The molecule has 0 aliphatic carbocycles. The Labute approximate surface area is 212 Å². The van der Waals surface area contributed by atoms with Gasteiger partial charge in [-0.1, -0.05) is 41.9 Å². The molecule has 3 aromatic carbocycles. The number of amides is 2. The Kier molecular flexibility index (Phi) is 7.76. The minimum Gasteiger partial charge on any atom is -0.340 e. The second-order valence-corrected chi connectivity index (χ2v) is 9.42. The topological polar surface area (TPSA) is 96.0 Å². The molecule has 0 saturated carbocycles. The maximum atomic E-state index is 13.5. The Hall–Kier alpha value is -3.32. The molecule has 178 valence electrons. The van der Waals surface area contributed by atoms with Gasteiger partial charge in [-0.15, -0.1) is 20.8 Å². The molecule has 0 fully saturated rings. The number of alkyl halides is 1. The van der Waals surface area contributed by atoms with E-state index in [9.17, 15) is 14.0 Å². The smallest absolute Gasteiger partial charge is 0.251 e. The van der Waals surface area contributed by atoms with Crippen molar-refractivity contribution in [2.24, 2.45) is 0 Å². The predicted octanol–water partition coefficient (Wildman–Crippen LogP) is 5.40. The van der Waals surface area contributed by atoms with Crippen molar-refractivity contribution in [3.63, 3.8) is 0 Å². The predicted molar refractivity (Wildman–Crippen MR) is 140 cm³/mol. The normalized spacial score (nSPS) is 12.6. The Morgan fingerprint density at radius 3 is 2.40 bits per heavy atom. The van der Waals surface area contributed by atoms with Crippen LogP contribution in [0.15, 0.2) is 73.1 Å². The molecule has 2 unspecified atom stereocenters. The number of nitrogens with one attached hydrogen (secondary N) is 3. The van der Waals surface area contributed by atoms with Gasteiger partial charge in [0.1, 0.15) is 29.1 Å². The first-order valence-corrected chi connectivity index (χ1v) is 11.8. The van der Waals surface area contributed by atoms with E-state index < -0.39 is 28.8 Å². The zero-order chi connectivity index (χ0) is 24.9. The van der Waals surface area contributed by atoms with Crippen LogP contribution in [0.2, 0.25) is 5.02 Å². The maximum Gasteiger partial charge on any atom is 0.251 e. The molecule has 3 atom stereocenters. The molecular weight excluding hydrogens is 511 g/mol. The van der Waals surface area contributed by atoms with Crippen molar-refractivity contribution >= 4 is 72.4 Å². The molecule has 11 heteroatoms. The molecule has 0 aliphatic heterocycles. The number of fused-ring (bicyclic) bond motifs is 1. The van der Waals surface area contributed by atoms with Gasteiger partial charge in [0.15, 0.2) is 0 Å². The molecule has 3 N–H and O–H groups in total. The number of halogens is 3. The van der Waals surface area contributed by atoms with Crippen molar-refractivity contribution in [3.05, 3.63) is 89.5 Å². The Morgan fingerprint density at radius 2 is 1.69 bits per heavy atom. The van der Waals surface area contributed by atoms with Crippen LogP contribution in [-0.2, 0) is 9.59 Å². The van der Waals surface area contributed by atoms with Gasteiger partial charge in [-0.05, 0) is 42.0 Å². The van der Waals surface area contributed by atoms with Crippen LogP contribution in [0.4, 0.5) is 21.6 Å². The molecule has 0 bridgehead atoms. The summed E-state index contributed by atoms with van der Waals surface area (Å²) < 4.78 is 13.5. The average Bonchev–Trinajstić information content (AvgIpc) is 2.85. The van der Waals surface area contributed by atoms with E-state index in [1.807, 2.05) is 6.07 Å². The number of nitrogens with zero attached hydrogens (tertiary/aromatic N) is 2. The van der Waals surface area contributed by atoms with Gasteiger partial charge in [0, 0.05) is 16.8 Å². The molecule has 1 heterocycles. The van der Waals surface area contributed by atoms with Crippen LogP contribution < -0.4 is 16.0 Å². The summed E-state index contributed by atoms with van der Waals surface area (Å²) in [5.74, 6) is -1.05. The van der Waals surface area contributed by atoms with Gasteiger partial charge in [0.05, 0.1) is 10.5 Å². The summed E-state index contributed by atoms with van der Waals surface area (Å²) >= 11 is 11.7. The van der Waals surface area contributed by atoms with E-state index in [2.05, 4.69) is 35.2 Å². The number of carbonyl (C=O) groups is 2. The third kappa shape index (κ3) is 6.03. The molecule has 35 heavy (non-hydrogen) atoms. The zero-order valence-electron chi connectivity index (χ0n) is 18.0. The monoisotopic (exact) mass is 529 g/mol. The fraction of sp³-hybridized carbons (Fsp3) is 0.0833. The van der Waals surface area contributed by atoms with E-state index in [0.717, 1.165) is 0 Å². The second-order valence-electron chi connectivity index (χ2n) is 7.45. The summed E-state index contributed by atoms with van der Waals surface area (Å²) in [6.07, 6.45) is 1.39. The van der Waals surface area contributed by atoms with Crippen molar-refractivity contribution in [1.82, 2.24) is 15.3 Å². The van der Waals surface area contributed by atoms with Gasteiger partial charge >= 0.3 is 0 Å². The highest BCUT2D eigenvalue weighted by Crippen LogP contribution is 2.28. The number of aromatic nitrogens is 2. The summed E-state index contributed by atoms with van der Waals surface area (Å²) in [5.41, 5.74) is 2.21. The summed E-state index contributed by atoms with van der Waals surface area (Å²) in [5, 5.41) is 8.27. The minimum atomic E-state index is -0.966. The summed E-state index contributed by atoms with van der Waals surface area (Å²) in [4.78, 5) is 33.9. The lowest BCUT2D eigenvalue weighted by Crippen LogP contribution is -2.39. The lowest BCUT2D eigenvalue weighted by Gasteiger charge is -2.20. The fourth-order valence-corrected chi connectivity index (χ4v) is 3.67. The van der Waals surface area contributed by atoms with Crippen LogP contribution >= 0.6 is 32.4 Å². The van der Waals surface area contributed by atoms with Gasteiger partial charge < -0.3 is 16.0 Å². The highest BCUT2D eigenvalue weighted by molar-refractivity contribution is 7.23. The lowest BCUT2D eigenvalue weighted by molar-refractivity contribution is -0.125. The maximum absolute atomic E-state index is 13.5. The molecule has 0 spiro atoms. The van der Waals surface area contributed by atoms with E-state index in [1.165, 1.54) is 24.5 Å². The molecule has 0 aliphatic rings. The van der Waals surface area contributed by atoms with Crippen LogP contribution in [-0.4, -0.2) is 26.9 Å². The second kappa shape index (κ2) is 11.0. The van der Waals surface area contributed by atoms with Crippen molar-refractivity contribution in [2.75, 3.05) is 10.6 Å². The molecule has 7 nitrogen and oxygen atoms in total. The molecule has 4 rings (SSSR count). The number of hydrogen-bond donors (Lipinski definition) is 3. The summed E-state index contributed by atoms with van der Waals surface area (Å²) in [6, 6.07) is 17.2. The van der Waals surface area contributed by atoms with Crippen LogP contribution in [0.3, 0.4) is 0 Å². The van der Waals surface area contributed by atoms with Gasteiger partial charge in [-0.25, -0.2) is 14.4 Å². The number of hydrogen-bond acceptors (Lipinski definition) is 5. The number of rotatable bonds is 7. The van der Waals surface area contributed by atoms with Crippen molar-refractivity contribution in [3.8, 4) is 0 Å². The van der Waals surface area contributed by atoms with Crippen LogP contribution in [0.5, 0.6) is 0 Å². The average molecular weight is 530 g/mol. The SMILES string of the molecule is O=C(N[C@@H](C(=O)Nc1ccc2ncnc(Nc3ccc(F)c(Cl)c3)c2c1)c1ccccc1)C(P)Cl. The first-order valence-electron chi connectivity index (χ1n) is 10.3. The Morgan fingerprint density at radius 1 is 0.943 bits per heavy atom. The molecule has 0 radical (unpaired) electrons. The standard InChI is InChI=1S/C24H19Cl2FN5O2P/c25-17-11-15(6-8-18(17)27)30-22-16-10-14(7-9-19(16)28-12-29-22)31-23(33)20(32-24(34)21(26)35)13-4-2-1-3-5-13/h1-12,20-21H,35H2,(H,31,33)(H,32,34)(H,28,29,30)/t20-,21?/m1/s1. The third-order valence-electron chi connectivity index (χ3n) is 5.02. The Bertz CT molecular complexity index is 1390. The highest BCUT2D eigenvalue weighted by atomic mass is 35.5. The van der Waals surface area contributed by atoms with Gasteiger partial charge in [-0.3, -0.25) is 9.59 Å². The Balaban J connectivity index is 1.62. The fourth-order valence-electron chi connectivity index (χ4n) is 3.33. The van der Waals surface area contributed by atoms with Crippen molar-refractivity contribution in [2.45, 2.75) is 11.2 Å². The third-order valence-corrected chi connectivity index (χ3v) is 5.81. The van der Waals surface area contributed by atoms with E-state index in [1.54, 1.807) is 42.5 Å². The first-order chi connectivity index (χ1) is 16.8. The molecule has 4 aromatic rings. The molecule has 2 amide bonds. The van der Waals surface area contributed by atoms with E-state index >= 15 is 0 Å². The van der Waals surface area contributed by atoms with Gasteiger partial charge in [0.25, 0.3) is 5.91 Å². The quantitative estimate of drug-likeness (QED) is 0.220. The van der Waals surface area contributed by atoms with E-state index in [4.69, 9.17) is 23.2 Å². The number of benzene rings is 3. The largest absolute Gasteiger partial charge is 0.340 e. The van der Waals surface area contributed by atoms with E-state index in [-0.39, 0.29) is 5.02 Å². The molecule has 1 aromatic heterocycles. The highest BCUT2D eigenvalue weighted by Gasteiger charge is 2.24. The van der Waals surface area contributed by atoms with Crippen LogP contribution in [0.25, 0.3) is 10.9 Å². The van der Waals surface area contributed by atoms with Crippen molar-refractivity contribution < 1.29 is 14.0 Å². The van der Waals surface area contributed by atoms with Crippen molar-refractivity contribution in [1.29, 1.82) is 0 Å². The van der Waals surface area contributed by atoms with Crippen LogP contribution in [0, 0.1) is 5.82 Å². The van der Waals surface area contributed by atoms with Gasteiger partial charge in [0.2, 0.25) is 5.91 Å².